The number of piperazine rings is 1. The van der Waals surface area contributed by atoms with Crippen LogP contribution >= 0.6 is 11.6 Å². The number of halogens is 1. The van der Waals surface area contributed by atoms with E-state index in [4.69, 9.17) is 11.6 Å². The van der Waals surface area contributed by atoms with E-state index in [0.29, 0.717) is 11.1 Å². The minimum Gasteiger partial charge on any atom is -0.353 e. The predicted octanol–water partition coefficient (Wildman–Crippen LogP) is 2.85. The quantitative estimate of drug-likeness (QED) is 0.874. The van der Waals surface area contributed by atoms with Gasteiger partial charge in [-0.15, -0.1) is 0 Å². The Morgan fingerprint density at radius 2 is 1.93 bits per heavy atom. The van der Waals surface area contributed by atoms with Crippen molar-refractivity contribution >= 4 is 34.2 Å². The van der Waals surface area contributed by atoms with Gasteiger partial charge in [-0.3, -0.25) is 9.69 Å². The number of anilines is 1. The van der Waals surface area contributed by atoms with Crippen molar-refractivity contribution in [2.45, 2.75) is 44.7 Å². The van der Waals surface area contributed by atoms with Crippen LogP contribution in [0.4, 0.5) is 5.82 Å². The third-order valence-corrected chi connectivity index (χ3v) is 6.06. The van der Waals surface area contributed by atoms with Gasteiger partial charge in [0.2, 0.25) is 5.91 Å². The van der Waals surface area contributed by atoms with Gasteiger partial charge < -0.3 is 10.2 Å². The molecule has 1 saturated heterocycles. The molecular formula is C20H26ClN5O. The first kappa shape index (κ1) is 18.4. The standard InChI is InChI=1S/C20H26ClN5O/c1-14(20(27)24-16-4-2-3-5-16)25-8-10-26(11-9-25)19-17-7-6-15(21)12-18(17)22-13-23-19/h6-7,12-14,16H,2-5,8-11H2,1H3,(H,24,27). The summed E-state index contributed by atoms with van der Waals surface area (Å²) in [5, 5.41) is 4.92. The third-order valence-electron chi connectivity index (χ3n) is 5.82. The molecule has 1 aliphatic carbocycles. The molecule has 0 spiro atoms. The average Bonchev–Trinajstić information content (AvgIpc) is 3.20. The highest BCUT2D eigenvalue weighted by atomic mass is 35.5. The molecule has 2 fully saturated rings. The van der Waals surface area contributed by atoms with E-state index in [9.17, 15) is 4.79 Å². The first-order valence-electron chi connectivity index (χ1n) is 9.81. The fourth-order valence-corrected chi connectivity index (χ4v) is 4.31. The Bertz CT molecular complexity index is 815. The molecule has 2 aliphatic rings. The number of aromatic nitrogens is 2. The molecule has 7 heteroatoms. The Labute approximate surface area is 164 Å². The van der Waals surface area contributed by atoms with Crippen molar-refractivity contribution in [1.82, 2.24) is 20.2 Å². The number of fused-ring (bicyclic) bond motifs is 1. The molecule has 1 aliphatic heterocycles. The maximum atomic E-state index is 12.6. The maximum Gasteiger partial charge on any atom is 0.237 e. The van der Waals surface area contributed by atoms with Gasteiger partial charge >= 0.3 is 0 Å². The van der Waals surface area contributed by atoms with E-state index in [1.807, 2.05) is 25.1 Å². The lowest BCUT2D eigenvalue weighted by Crippen LogP contribution is -2.55. The molecule has 1 aromatic carbocycles. The number of hydrogen-bond acceptors (Lipinski definition) is 5. The Balaban J connectivity index is 1.39. The molecule has 4 rings (SSSR count). The van der Waals surface area contributed by atoms with E-state index >= 15 is 0 Å². The second-order valence-corrected chi connectivity index (χ2v) is 7.98. The molecule has 1 amide bonds. The van der Waals surface area contributed by atoms with Gasteiger partial charge in [0.05, 0.1) is 11.6 Å². The van der Waals surface area contributed by atoms with Crippen LogP contribution in [0.15, 0.2) is 24.5 Å². The van der Waals surface area contributed by atoms with Gasteiger partial charge in [-0.2, -0.15) is 0 Å². The molecule has 1 unspecified atom stereocenters. The van der Waals surface area contributed by atoms with Crippen LogP contribution in [0, 0.1) is 0 Å². The van der Waals surface area contributed by atoms with E-state index in [1.165, 1.54) is 12.8 Å². The van der Waals surface area contributed by atoms with Crippen molar-refractivity contribution in [1.29, 1.82) is 0 Å². The fraction of sp³-hybridized carbons (Fsp3) is 0.550. The van der Waals surface area contributed by atoms with Crippen LogP contribution in [0.5, 0.6) is 0 Å². The van der Waals surface area contributed by atoms with E-state index in [2.05, 4.69) is 25.1 Å². The molecule has 1 saturated carbocycles. The van der Waals surface area contributed by atoms with Crippen molar-refractivity contribution in [2.24, 2.45) is 0 Å². The molecule has 1 atom stereocenters. The largest absolute Gasteiger partial charge is 0.353 e. The number of rotatable bonds is 4. The van der Waals surface area contributed by atoms with Crippen LogP contribution in [-0.4, -0.2) is 59.0 Å². The van der Waals surface area contributed by atoms with Crippen LogP contribution in [-0.2, 0) is 4.79 Å². The molecule has 0 bridgehead atoms. The fourth-order valence-electron chi connectivity index (χ4n) is 4.15. The normalized spacial score (nSPS) is 20.1. The van der Waals surface area contributed by atoms with Crippen molar-refractivity contribution in [2.75, 3.05) is 31.1 Å². The van der Waals surface area contributed by atoms with Crippen molar-refractivity contribution in [3.63, 3.8) is 0 Å². The Morgan fingerprint density at radius 3 is 2.67 bits per heavy atom. The van der Waals surface area contributed by atoms with Crippen LogP contribution in [0.3, 0.4) is 0 Å². The molecule has 144 valence electrons. The van der Waals surface area contributed by atoms with Crippen molar-refractivity contribution in [3.05, 3.63) is 29.5 Å². The Hall–Kier alpha value is -1.92. The van der Waals surface area contributed by atoms with Gasteiger partial charge in [0.25, 0.3) is 0 Å². The molecule has 2 aromatic rings. The lowest BCUT2D eigenvalue weighted by atomic mass is 10.1. The zero-order valence-electron chi connectivity index (χ0n) is 15.7. The highest BCUT2D eigenvalue weighted by molar-refractivity contribution is 6.31. The second-order valence-electron chi connectivity index (χ2n) is 7.55. The summed E-state index contributed by atoms with van der Waals surface area (Å²) in [6.07, 6.45) is 6.30. The smallest absolute Gasteiger partial charge is 0.237 e. The first-order valence-corrected chi connectivity index (χ1v) is 10.2. The number of amides is 1. The van der Waals surface area contributed by atoms with E-state index in [1.54, 1.807) is 6.33 Å². The average molecular weight is 388 g/mol. The summed E-state index contributed by atoms with van der Waals surface area (Å²) >= 11 is 6.08. The minimum atomic E-state index is -0.0892. The number of carbonyl (C=O) groups excluding carboxylic acids is 1. The molecule has 27 heavy (non-hydrogen) atoms. The van der Waals surface area contributed by atoms with Crippen LogP contribution < -0.4 is 10.2 Å². The molecular weight excluding hydrogens is 362 g/mol. The lowest BCUT2D eigenvalue weighted by Gasteiger charge is -2.38. The second kappa shape index (κ2) is 7.98. The van der Waals surface area contributed by atoms with Gasteiger partial charge in [-0.25, -0.2) is 9.97 Å². The predicted molar refractivity (Wildman–Crippen MR) is 108 cm³/mol. The van der Waals surface area contributed by atoms with Crippen molar-refractivity contribution in [3.8, 4) is 0 Å². The van der Waals surface area contributed by atoms with Crippen molar-refractivity contribution < 1.29 is 4.79 Å². The third kappa shape index (κ3) is 4.01. The van der Waals surface area contributed by atoms with Gasteiger partial charge in [0.1, 0.15) is 12.1 Å². The van der Waals surface area contributed by atoms with E-state index in [0.717, 1.165) is 55.7 Å². The summed E-state index contributed by atoms with van der Waals surface area (Å²) in [7, 11) is 0. The van der Waals surface area contributed by atoms with Gasteiger partial charge in [-0.05, 0) is 38.0 Å². The number of hydrogen-bond donors (Lipinski definition) is 1. The maximum absolute atomic E-state index is 12.6. The van der Waals surface area contributed by atoms with Gasteiger partial charge in [-0.1, -0.05) is 24.4 Å². The summed E-state index contributed by atoms with van der Waals surface area (Å²) in [4.78, 5) is 25.9. The van der Waals surface area contributed by atoms with Gasteiger partial charge in [0.15, 0.2) is 0 Å². The minimum absolute atomic E-state index is 0.0892. The molecule has 1 aromatic heterocycles. The van der Waals surface area contributed by atoms with Crippen LogP contribution in [0.2, 0.25) is 5.02 Å². The zero-order chi connectivity index (χ0) is 18.8. The number of nitrogens with zero attached hydrogens (tertiary/aromatic N) is 4. The summed E-state index contributed by atoms with van der Waals surface area (Å²) in [5.41, 5.74) is 0.860. The highest BCUT2D eigenvalue weighted by Gasteiger charge is 2.28. The SMILES string of the molecule is CC(C(=O)NC1CCCC1)N1CCN(c2ncnc3cc(Cl)ccc23)CC1. The summed E-state index contributed by atoms with van der Waals surface area (Å²) in [6, 6.07) is 6.02. The van der Waals surface area contributed by atoms with Crippen LogP contribution in [0.1, 0.15) is 32.6 Å². The molecule has 0 radical (unpaired) electrons. The number of benzene rings is 1. The van der Waals surface area contributed by atoms with Crippen LogP contribution in [0.25, 0.3) is 10.9 Å². The monoisotopic (exact) mass is 387 g/mol. The molecule has 6 nitrogen and oxygen atoms in total. The van der Waals surface area contributed by atoms with E-state index < -0.39 is 0 Å². The number of carbonyl (C=O) groups is 1. The summed E-state index contributed by atoms with van der Waals surface area (Å²) in [5.74, 6) is 1.11. The zero-order valence-corrected chi connectivity index (χ0v) is 16.5. The van der Waals surface area contributed by atoms with E-state index in [-0.39, 0.29) is 11.9 Å². The molecule has 1 N–H and O–H groups in total. The lowest BCUT2D eigenvalue weighted by molar-refractivity contribution is -0.126. The summed E-state index contributed by atoms with van der Waals surface area (Å²) in [6.45, 7) is 5.39. The summed E-state index contributed by atoms with van der Waals surface area (Å²) < 4.78 is 0. The topological polar surface area (TPSA) is 61.4 Å². The first-order chi connectivity index (χ1) is 13.1. The molecule has 2 heterocycles. The Kier molecular flexibility index (Phi) is 5.45. The highest BCUT2D eigenvalue weighted by Crippen LogP contribution is 2.26. The Morgan fingerprint density at radius 1 is 1.19 bits per heavy atom. The number of nitrogens with one attached hydrogen (secondary N) is 1. The van der Waals surface area contributed by atoms with Gasteiger partial charge in [0, 0.05) is 42.6 Å².